The third-order valence-corrected chi connectivity index (χ3v) is 3.06. The van der Waals surface area contributed by atoms with E-state index in [1.54, 1.807) is 11.8 Å². The monoisotopic (exact) mass is 235 g/mol. The van der Waals surface area contributed by atoms with E-state index < -0.39 is 0 Å². The molecule has 1 heterocycles. The lowest BCUT2D eigenvalue weighted by Crippen LogP contribution is -1.85. The molecule has 0 saturated carbocycles. The fourth-order valence-electron chi connectivity index (χ4n) is 1.35. The minimum Gasteiger partial charge on any atom is -0.241 e. The van der Waals surface area contributed by atoms with Gasteiger partial charge in [0.25, 0.3) is 0 Å². The highest BCUT2D eigenvalue weighted by Crippen LogP contribution is 2.27. The van der Waals surface area contributed by atoms with Gasteiger partial charge >= 0.3 is 0 Å². The Morgan fingerprint density at radius 1 is 1.07 bits per heavy atom. The van der Waals surface area contributed by atoms with Crippen LogP contribution >= 0.6 is 23.4 Å². The van der Waals surface area contributed by atoms with Crippen molar-refractivity contribution in [1.29, 1.82) is 0 Å². The second kappa shape index (κ2) is 4.69. The van der Waals surface area contributed by atoms with Crippen LogP contribution in [0.15, 0.2) is 47.5 Å². The fraction of sp³-hybridized carbons (Fsp3) is 0.0833. The normalized spacial score (nSPS) is 10.3. The summed E-state index contributed by atoms with van der Waals surface area (Å²) in [5, 5.41) is 1.75. The van der Waals surface area contributed by atoms with Gasteiger partial charge in [0.2, 0.25) is 0 Å². The molecule has 0 unspecified atom stereocenters. The van der Waals surface area contributed by atoms with Crippen molar-refractivity contribution in [2.45, 2.75) is 5.03 Å². The SMILES string of the molecule is CSc1cccc(-c2ccccc2Cl)n1. The Labute approximate surface area is 98.5 Å². The molecule has 15 heavy (non-hydrogen) atoms. The van der Waals surface area contributed by atoms with E-state index in [-0.39, 0.29) is 0 Å². The van der Waals surface area contributed by atoms with Crippen molar-refractivity contribution in [2.24, 2.45) is 0 Å². The average Bonchev–Trinajstić information content (AvgIpc) is 2.30. The van der Waals surface area contributed by atoms with Crippen molar-refractivity contribution in [2.75, 3.05) is 6.26 Å². The molecule has 2 aromatic rings. The number of halogens is 1. The summed E-state index contributed by atoms with van der Waals surface area (Å²) in [6.45, 7) is 0. The number of thioether (sulfide) groups is 1. The van der Waals surface area contributed by atoms with Crippen molar-refractivity contribution in [3.63, 3.8) is 0 Å². The molecule has 0 radical (unpaired) electrons. The summed E-state index contributed by atoms with van der Waals surface area (Å²) in [6, 6.07) is 13.7. The Balaban J connectivity index is 2.49. The summed E-state index contributed by atoms with van der Waals surface area (Å²) < 4.78 is 0. The van der Waals surface area contributed by atoms with Gasteiger partial charge in [-0.2, -0.15) is 0 Å². The maximum absolute atomic E-state index is 6.11. The van der Waals surface area contributed by atoms with E-state index in [2.05, 4.69) is 4.98 Å². The van der Waals surface area contributed by atoms with Crippen molar-refractivity contribution in [3.05, 3.63) is 47.5 Å². The van der Waals surface area contributed by atoms with Crippen molar-refractivity contribution in [3.8, 4) is 11.3 Å². The highest BCUT2D eigenvalue weighted by atomic mass is 35.5. The molecule has 0 saturated heterocycles. The maximum Gasteiger partial charge on any atom is 0.0964 e. The van der Waals surface area contributed by atoms with E-state index in [0.29, 0.717) is 0 Å². The number of aromatic nitrogens is 1. The minimum absolute atomic E-state index is 0.739. The first-order valence-corrected chi connectivity index (χ1v) is 6.17. The smallest absolute Gasteiger partial charge is 0.0964 e. The van der Waals surface area contributed by atoms with Gasteiger partial charge in [-0.05, 0) is 24.5 Å². The van der Waals surface area contributed by atoms with Crippen LogP contribution in [0.25, 0.3) is 11.3 Å². The summed E-state index contributed by atoms with van der Waals surface area (Å²) in [4.78, 5) is 4.50. The lowest BCUT2D eigenvalue weighted by molar-refractivity contribution is 1.14. The molecule has 0 N–H and O–H groups in total. The van der Waals surface area contributed by atoms with Crippen LogP contribution < -0.4 is 0 Å². The molecule has 2 rings (SSSR count). The van der Waals surface area contributed by atoms with Gasteiger partial charge in [0, 0.05) is 10.6 Å². The molecule has 1 aromatic carbocycles. The zero-order chi connectivity index (χ0) is 10.7. The number of pyridine rings is 1. The van der Waals surface area contributed by atoms with Gasteiger partial charge in [0.15, 0.2) is 0 Å². The van der Waals surface area contributed by atoms with Crippen LogP contribution in [0.4, 0.5) is 0 Å². The van der Waals surface area contributed by atoms with E-state index in [4.69, 9.17) is 11.6 Å². The molecular formula is C12H10ClNS. The van der Waals surface area contributed by atoms with Gasteiger partial charge in [-0.15, -0.1) is 11.8 Å². The van der Waals surface area contributed by atoms with Crippen molar-refractivity contribution in [1.82, 2.24) is 4.98 Å². The largest absolute Gasteiger partial charge is 0.241 e. The second-order valence-corrected chi connectivity index (χ2v) is 4.28. The predicted octanol–water partition coefficient (Wildman–Crippen LogP) is 4.12. The Kier molecular flexibility index (Phi) is 3.29. The van der Waals surface area contributed by atoms with Crippen molar-refractivity contribution >= 4 is 23.4 Å². The van der Waals surface area contributed by atoms with Crippen LogP contribution in [-0.4, -0.2) is 11.2 Å². The molecule has 76 valence electrons. The molecule has 0 atom stereocenters. The van der Waals surface area contributed by atoms with Crippen LogP contribution in [0, 0.1) is 0 Å². The van der Waals surface area contributed by atoms with Gasteiger partial charge in [0.05, 0.1) is 10.7 Å². The van der Waals surface area contributed by atoms with Crippen LogP contribution in [0.2, 0.25) is 5.02 Å². The first-order valence-electron chi connectivity index (χ1n) is 4.57. The topological polar surface area (TPSA) is 12.9 Å². The Hall–Kier alpha value is -0.990. The lowest BCUT2D eigenvalue weighted by Gasteiger charge is -2.04. The van der Waals surface area contributed by atoms with Gasteiger partial charge in [0.1, 0.15) is 0 Å². The van der Waals surface area contributed by atoms with Crippen molar-refractivity contribution < 1.29 is 0 Å². The minimum atomic E-state index is 0.739. The molecule has 0 aliphatic heterocycles. The quantitative estimate of drug-likeness (QED) is 0.727. The van der Waals surface area contributed by atoms with Crippen LogP contribution in [-0.2, 0) is 0 Å². The maximum atomic E-state index is 6.11. The van der Waals surface area contributed by atoms with Gasteiger partial charge < -0.3 is 0 Å². The molecule has 0 bridgehead atoms. The Bertz CT molecular complexity index is 471. The first-order chi connectivity index (χ1) is 7.31. The van der Waals surface area contributed by atoms with E-state index in [1.165, 1.54) is 0 Å². The molecule has 1 aromatic heterocycles. The number of nitrogens with zero attached hydrogens (tertiary/aromatic N) is 1. The molecule has 0 amide bonds. The molecule has 1 nitrogen and oxygen atoms in total. The first kappa shape index (κ1) is 10.5. The highest BCUT2D eigenvalue weighted by molar-refractivity contribution is 7.98. The summed E-state index contributed by atoms with van der Waals surface area (Å²) in [5.74, 6) is 0. The van der Waals surface area contributed by atoms with E-state index in [9.17, 15) is 0 Å². The molecule has 0 aliphatic carbocycles. The molecule has 0 spiro atoms. The molecule has 3 heteroatoms. The van der Waals surface area contributed by atoms with Crippen LogP contribution in [0.3, 0.4) is 0 Å². The van der Waals surface area contributed by atoms with Gasteiger partial charge in [-0.1, -0.05) is 35.9 Å². The van der Waals surface area contributed by atoms with E-state index >= 15 is 0 Å². The van der Waals surface area contributed by atoms with Crippen LogP contribution in [0.1, 0.15) is 0 Å². The van der Waals surface area contributed by atoms with E-state index in [1.807, 2.05) is 48.7 Å². The number of hydrogen-bond acceptors (Lipinski definition) is 2. The second-order valence-electron chi connectivity index (χ2n) is 3.05. The molecular weight excluding hydrogens is 226 g/mol. The number of hydrogen-bond donors (Lipinski definition) is 0. The summed E-state index contributed by atoms with van der Waals surface area (Å²) >= 11 is 7.74. The summed E-state index contributed by atoms with van der Waals surface area (Å²) in [5.41, 5.74) is 1.91. The third-order valence-electron chi connectivity index (χ3n) is 2.08. The summed E-state index contributed by atoms with van der Waals surface area (Å²) in [6.07, 6.45) is 2.01. The fourth-order valence-corrected chi connectivity index (χ4v) is 1.98. The zero-order valence-electron chi connectivity index (χ0n) is 8.27. The zero-order valence-corrected chi connectivity index (χ0v) is 9.85. The standard InChI is InChI=1S/C12H10ClNS/c1-15-12-8-4-7-11(14-12)9-5-2-3-6-10(9)13/h2-8H,1H3. The number of rotatable bonds is 2. The Morgan fingerprint density at radius 2 is 1.87 bits per heavy atom. The Morgan fingerprint density at radius 3 is 2.60 bits per heavy atom. The van der Waals surface area contributed by atoms with Crippen LogP contribution in [0.5, 0.6) is 0 Å². The average molecular weight is 236 g/mol. The third kappa shape index (κ3) is 2.33. The molecule has 0 aliphatic rings. The van der Waals surface area contributed by atoms with Gasteiger partial charge in [-0.3, -0.25) is 0 Å². The van der Waals surface area contributed by atoms with Gasteiger partial charge in [-0.25, -0.2) is 4.98 Å². The van der Waals surface area contributed by atoms with E-state index in [0.717, 1.165) is 21.3 Å². The highest BCUT2D eigenvalue weighted by Gasteiger charge is 2.03. The lowest BCUT2D eigenvalue weighted by atomic mass is 10.1. The summed E-state index contributed by atoms with van der Waals surface area (Å²) in [7, 11) is 0. The molecule has 0 fully saturated rings. The number of benzene rings is 1. The predicted molar refractivity (Wildman–Crippen MR) is 66.5 cm³/mol.